The fourth-order valence-electron chi connectivity index (χ4n) is 3.66. The summed E-state index contributed by atoms with van der Waals surface area (Å²) in [4.78, 5) is 20.3. The molecule has 174 valence electrons. The molecule has 0 radical (unpaired) electrons. The van der Waals surface area contributed by atoms with Gasteiger partial charge in [-0.05, 0) is 29.7 Å². The summed E-state index contributed by atoms with van der Waals surface area (Å²) in [6, 6.07) is 6.72. The van der Waals surface area contributed by atoms with E-state index in [1.54, 1.807) is 12.1 Å². The van der Waals surface area contributed by atoms with Crippen molar-refractivity contribution in [3.05, 3.63) is 58.5 Å². The minimum atomic E-state index is -4.50. The number of anilines is 1. The minimum Gasteiger partial charge on any atom is -0.353 e. The molecule has 10 heteroatoms. The van der Waals surface area contributed by atoms with Crippen LogP contribution in [-0.4, -0.2) is 48.5 Å². The second kappa shape index (κ2) is 10.0. The lowest BCUT2D eigenvalue weighted by Gasteiger charge is -2.35. The highest BCUT2D eigenvalue weighted by Crippen LogP contribution is 2.33. The molecule has 32 heavy (non-hydrogen) atoms. The van der Waals surface area contributed by atoms with E-state index < -0.39 is 11.7 Å². The van der Waals surface area contributed by atoms with Crippen molar-refractivity contribution in [1.82, 2.24) is 15.2 Å². The molecule has 2 aromatic rings. The highest BCUT2D eigenvalue weighted by atomic mass is 35.5. The zero-order valence-corrected chi connectivity index (χ0v) is 18.5. The molecule has 0 saturated carbocycles. The van der Waals surface area contributed by atoms with Crippen LogP contribution in [0, 0.1) is 11.7 Å². The first-order valence-electron chi connectivity index (χ1n) is 10.3. The summed E-state index contributed by atoms with van der Waals surface area (Å²) in [6.07, 6.45) is -3.72. The van der Waals surface area contributed by atoms with Crippen LogP contribution in [0.5, 0.6) is 0 Å². The van der Waals surface area contributed by atoms with E-state index >= 15 is 0 Å². The van der Waals surface area contributed by atoms with Gasteiger partial charge >= 0.3 is 6.18 Å². The average Bonchev–Trinajstić information content (AvgIpc) is 2.72. The van der Waals surface area contributed by atoms with Gasteiger partial charge in [0.25, 0.3) is 0 Å². The maximum absolute atomic E-state index is 13.2. The van der Waals surface area contributed by atoms with Crippen LogP contribution in [0.25, 0.3) is 0 Å². The highest BCUT2D eigenvalue weighted by molar-refractivity contribution is 6.33. The number of hydrogen-bond acceptors (Lipinski definition) is 4. The standard InChI is InChI=1S/C22H25ClF4N4O/c1-14(2)20(15-3-5-17(24)6-4-15)29-19(32)13-30-7-9-31(10-8-30)21-18(23)11-16(12-28-21)22(25,26)27/h3-6,11-12,14,20H,7-10,13H2,1-2H3,(H,29,32). The summed E-state index contributed by atoms with van der Waals surface area (Å²) >= 11 is 6.04. The molecule has 0 bridgehead atoms. The van der Waals surface area contributed by atoms with Gasteiger partial charge in [-0.15, -0.1) is 0 Å². The van der Waals surface area contributed by atoms with E-state index in [4.69, 9.17) is 11.6 Å². The Labute approximate surface area is 189 Å². The second-order valence-corrected chi connectivity index (χ2v) is 8.54. The second-order valence-electron chi connectivity index (χ2n) is 8.13. The first kappa shape index (κ1) is 24.3. The number of hydrogen-bond donors (Lipinski definition) is 1. The van der Waals surface area contributed by atoms with Crippen molar-refractivity contribution in [2.75, 3.05) is 37.6 Å². The van der Waals surface area contributed by atoms with Crippen LogP contribution in [-0.2, 0) is 11.0 Å². The number of pyridine rings is 1. The van der Waals surface area contributed by atoms with E-state index in [9.17, 15) is 22.4 Å². The van der Waals surface area contributed by atoms with Gasteiger partial charge < -0.3 is 10.2 Å². The summed E-state index contributed by atoms with van der Waals surface area (Å²) in [5, 5.41) is 2.96. The molecule has 1 aromatic carbocycles. The van der Waals surface area contributed by atoms with Crippen LogP contribution in [0.4, 0.5) is 23.4 Å². The molecular weight excluding hydrogens is 448 g/mol. The lowest BCUT2D eigenvalue weighted by Crippen LogP contribution is -2.50. The van der Waals surface area contributed by atoms with E-state index in [0.29, 0.717) is 32.0 Å². The van der Waals surface area contributed by atoms with Crippen molar-refractivity contribution in [2.24, 2.45) is 5.92 Å². The molecule has 1 aromatic heterocycles. The van der Waals surface area contributed by atoms with Crippen molar-refractivity contribution in [3.8, 4) is 0 Å². The quantitative estimate of drug-likeness (QED) is 0.628. The third-order valence-corrected chi connectivity index (χ3v) is 5.68. The molecule has 1 N–H and O–H groups in total. The van der Waals surface area contributed by atoms with Crippen LogP contribution in [0.15, 0.2) is 36.5 Å². The van der Waals surface area contributed by atoms with Gasteiger partial charge in [0.2, 0.25) is 5.91 Å². The van der Waals surface area contributed by atoms with Gasteiger partial charge in [-0.2, -0.15) is 13.2 Å². The number of aromatic nitrogens is 1. The van der Waals surface area contributed by atoms with Crippen molar-refractivity contribution < 1.29 is 22.4 Å². The third-order valence-electron chi connectivity index (χ3n) is 5.40. The van der Waals surface area contributed by atoms with Crippen LogP contribution < -0.4 is 10.2 Å². The zero-order chi connectivity index (χ0) is 23.5. The Morgan fingerprint density at radius 3 is 2.31 bits per heavy atom. The van der Waals surface area contributed by atoms with Crippen molar-refractivity contribution in [3.63, 3.8) is 0 Å². The van der Waals surface area contributed by atoms with Gasteiger partial charge in [0.1, 0.15) is 11.6 Å². The Hall–Kier alpha value is -2.39. The van der Waals surface area contributed by atoms with Crippen molar-refractivity contribution in [2.45, 2.75) is 26.1 Å². The molecule has 1 aliphatic rings. The van der Waals surface area contributed by atoms with Crippen LogP contribution in [0.3, 0.4) is 0 Å². The number of carbonyl (C=O) groups is 1. The van der Waals surface area contributed by atoms with Crippen molar-refractivity contribution >= 4 is 23.3 Å². The summed E-state index contributed by atoms with van der Waals surface area (Å²) in [6.45, 7) is 6.19. The Morgan fingerprint density at radius 2 is 1.78 bits per heavy atom. The number of alkyl halides is 3. The Kier molecular flexibility index (Phi) is 7.61. The SMILES string of the molecule is CC(C)C(NC(=O)CN1CCN(c2ncc(C(F)(F)F)cc2Cl)CC1)c1ccc(F)cc1. The molecule has 1 amide bonds. The maximum atomic E-state index is 13.2. The predicted molar refractivity (Wildman–Crippen MR) is 115 cm³/mol. The first-order valence-corrected chi connectivity index (χ1v) is 10.7. The van der Waals surface area contributed by atoms with E-state index in [0.717, 1.165) is 17.8 Å². The minimum absolute atomic E-state index is 0.0508. The third kappa shape index (κ3) is 6.10. The van der Waals surface area contributed by atoms with E-state index in [2.05, 4.69) is 10.3 Å². The lowest BCUT2D eigenvalue weighted by atomic mass is 9.96. The molecule has 5 nitrogen and oxygen atoms in total. The van der Waals surface area contributed by atoms with Gasteiger partial charge in [-0.25, -0.2) is 9.37 Å². The number of amides is 1. The Balaban J connectivity index is 1.55. The van der Waals surface area contributed by atoms with Gasteiger partial charge in [-0.3, -0.25) is 9.69 Å². The fraction of sp³-hybridized carbons (Fsp3) is 0.455. The van der Waals surface area contributed by atoms with Gasteiger partial charge in [0.05, 0.1) is 23.2 Å². The summed E-state index contributed by atoms with van der Waals surface area (Å²) in [5.41, 5.74) is -0.0509. The van der Waals surface area contributed by atoms with Crippen LogP contribution >= 0.6 is 11.6 Å². The average molecular weight is 473 g/mol. The molecule has 1 unspecified atom stereocenters. The molecule has 0 spiro atoms. The van der Waals surface area contributed by atoms with Gasteiger partial charge in [0.15, 0.2) is 0 Å². The number of benzene rings is 1. The number of carbonyl (C=O) groups excluding carboxylic acids is 1. The molecule has 2 heterocycles. The number of piperazine rings is 1. The summed E-state index contributed by atoms with van der Waals surface area (Å²) < 4.78 is 51.6. The molecule has 1 atom stereocenters. The lowest BCUT2D eigenvalue weighted by molar-refractivity contribution is -0.137. The molecule has 1 saturated heterocycles. The molecule has 1 aliphatic heterocycles. The van der Waals surface area contributed by atoms with E-state index in [1.807, 2.05) is 23.6 Å². The summed E-state index contributed by atoms with van der Waals surface area (Å²) in [5.74, 6) is -0.0515. The Morgan fingerprint density at radius 1 is 1.16 bits per heavy atom. The molecule has 0 aliphatic carbocycles. The molecule has 1 fully saturated rings. The number of nitrogens with zero attached hydrogens (tertiary/aromatic N) is 3. The predicted octanol–water partition coefficient (Wildman–Crippen LogP) is 4.53. The van der Waals surface area contributed by atoms with E-state index in [1.165, 1.54) is 12.1 Å². The number of halogens is 5. The van der Waals surface area contributed by atoms with Gasteiger partial charge in [0, 0.05) is 32.4 Å². The smallest absolute Gasteiger partial charge is 0.353 e. The zero-order valence-electron chi connectivity index (χ0n) is 17.8. The van der Waals surface area contributed by atoms with E-state index in [-0.39, 0.29) is 35.3 Å². The van der Waals surface area contributed by atoms with Crippen LogP contribution in [0.2, 0.25) is 5.02 Å². The monoisotopic (exact) mass is 472 g/mol. The highest BCUT2D eigenvalue weighted by Gasteiger charge is 2.32. The topological polar surface area (TPSA) is 48.5 Å². The van der Waals surface area contributed by atoms with Crippen LogP contribution in [0.1, 0.15) is 31.0 Å². The number of nitrogens with one attached hydrogen (secondary N) is 1. The fourth-order valence-corrected chi connectivity index (χ4v) is 3.95. The number of rotatable bonds is 6. The largest absolute Gasteiger partial charge is 0.417 e. The summed E-state index contributed by atoms with van der Waals surface area (Å²) in [7, 11) is 0. The first-order chi connectivity index (χ1) is 15.0. The normalized spacial score (nSPS) is 16.3. The molecule has 3 rings (SSSR count). The van der Waals surface area contributed by atoms with Gasteiger partial charge in [-0.1, -0.05) is 37.6 Å². The Bertz CT molecular complexity index is 929. The molecular formula is C22H25ClF4N4O. The van der Waals surface area contributed by atoms with Crippen molar-refractivity contribution in [1.29, 1.82) is 0 Å². The maximum Gasteiger partial charge on any atom is 0.417 e.